The molecule has 1 N–H and O–H groups in total. The second-order valence-electron chi connectivity index (χ2n) is 2.49. The average molecular weight is 168 g/mol. The van der Waals surface area contributed by atoms with Crippen LogP contribution < -0.4 is 5.69 Å². The maximum Gasteiger partial charge on any atom is 0.345 e. The summed E-state index contributed by atoms with van der Waals surface area (Å²) in [5.41, 5.74) is 2.02. The highest BCUT2D eigenvalue weighted by Gasteiger charge is 2.09. The highest BCUT2D eigenvalue weighted by Crippen LogP contribution is 2.20. The topological polar surface area (TPSA) is 45.8 Å². The van der Waals surface area contributed by atoms with Gasteiger partial charge < -0.3 is 4.98 Å². The minimum atomic E-state index is -0.230. The van der Waals surface area contributed by atoms with E-state index in [-0.39, 0.29) is 5.69 Å². The third kappa shape index (κ3) is 1.30. The molecule has 1 aromatic heterocycles. The van der Waals surface area contributed by atoms with Crippen LogP contribution in [0.2, 0.25) is 0 Å². The Kier molecular flexibility index (Phi) is 1.69. The molecule has 2 heterocycles. The fourth-order valence-corrected chi connectivity index (χ4v) is 2.13. The Bertz CT molecular complexity index is 320. The maximum absolute atomic E-state index is 10.8. The monoisotopic (exact) mass is 168 g/mol. The van der Waals surface area contributed by atoms with Crippen LogP contribution in [0.1, 0.15) is 11.3 Å². The molecule has 0 fully saturated rings. The predicted octanol–water partition coefficient (Wildman–Crippen LogP) is 0.559. The first kappa shape index (κ1) is 6.91. The van der Waals surface area contributed by atoms with E-state index in [9.17, 15) is 4.79 Å². The molecule has 0 aromatic carbocycles. The third-order valence-electron chi connectivity index (χ3n) is 1.75. The molecule has 2 rings (SSSR count). The van der Waals surface area contributed by atoms with Gasteiger partial charge in [-0.05, 0) is 17.7 Å². The molecule has 58 valence electrons. The van der Waals surface area contributed by atoms with Crippen LogP contribution in [-0.4, -0.2) is 15.7 Å². The summed E-state index contributed by atoms with van der Waals surface area (Å²) in [6, 6.07) is 0. The molecule has 0 saturated carbocycles. The minimum absolute atomic E-state index is 0.230. The molecule has 0 atom stereocenters. The summed E-state index contributed by atoms with van der Waals surface area (Å²) in [4.78, 5) is 17.2. The molecule has 0 saturated heterocycles. The molecule has 1 aliphatic rings. The number of nitrogens with zero attached hydrogens (tertiary/aromatic N) is 1. The van der Waals surface area contributed by atoms with Crippen molar-refractivity contribution >= 4 is 11.8 Å². The number of rotatable bonds is 0. The number of hydrogen-bond donors (Lipinski definition) is 1. The van der Waals surface area contributed by atoms with Crippen LogP contribution in [0.25, 0.3) is 0 Å². The van der Waals surface area contributed by atoms with Crippen LogP contribution in [0.3, 0.4) is 0 Å². The van der Waals surface area contributed by atoms with Crippen LogP contribution in [0.15, 0.2) is 11.0 Å². The number of H-pyrrole nitrogens is 1. The van der Waals surface area contributed by atoms with Crippen molar-refractivity contribution in [1.82, 2.24) is 9.97 Å². The Labute approximate surface area is 68.2 Å². The number of fused-ring (bicyclic) bond motifs is 1. The molecular weight excluding hydrogens is 160 g/mol. The molecule has 0 aliphatic carbocycles. The molecule has 0 radical (unpaired) electrons. The number of aromatic amines is 1. The van der Waals surface area contributed by atoms with Crippen molar-refractivity contribution < 1.29 is 0 Å². The SMILES string of the molecule is O=c1ncc2c([nH]1)CSCC2. The van der Waals surface area contributed by atoms with E-state index in [0.717, 1.165) is 23.6 Å². The number of aromatic nitrogens is 2. The first-order chi connectivity index (χ1) is 5.36. The molecule has 0 spiro atoms. The maximum atomic E-state index is 10.8. The van der Waals surface area contributed by atoms with E-state index in [0.29, 0.717) is 0 Å². The van der Waals surface area contributed by atoms with Gasteiger partial charge in [0.25, 0.3) is 0 Å². The van der Waals surface area contributed by atoms with Gasteiger partial charge in [-0.3, -0.25) is 0 Å². The summed E-state index contributed by atoms with van der Waals surface area (Å²) in [6.45, 7) is 0. The standard InChI is InChI=1S/C7H8N2OS/c10-7-8-3-5-1-2-11-4-6(5)9-7/h3H,1-2,4H2,(H,8,9,10). The smallest absolute Gasteiger partial charge is 0.309 e. The highest BCUT2D eigenvalue weighted by atomic mass is 32.2. The lowest BCUT2D eigenvalue weighted by atomic mass is 10.2. The van der Waals surface area contributed by atoms with Gasteiger partial charge >= 0.3 is 5.69 Å². The molecule has 1 aliphatic heterocycles. The first-order valence-corrected chi connectivity index (χ1v) is 4.66. The van der Waals surface area contributed by atoms with E-state index in [1.807, 2.05) is 11.8 Å². The fraction of sp³-hybridized carbons (Fsp3) is 0.429. The lowest BCUT2D eigenvalue weighted by Crippen LogP contribution is -2.16. The summed E-state index contributed by atoms with van der Waals surface area (Å²) in [7, 11) is 0. The van der Waals surface area contributed by atoms with Gasteiger partial charge in [0.15, 0.2) is 0 Å². The quantitative estimate of drug-likeness (QED) is 0.615. The third-order valence-corrected chi connectivity index (χ3v) is 2.73. The zero-order chi connectivity index (χ0) is 7.68. The Balaban J connectivity index is 2.51. The number of nitrogens with one attached hydrogen (secondary N) is 1. The zero-order valence-corrected chi connectivity index (χ0v) is 6.78. The number of thioether (sulfide) groups is 1. The minimum Gasteiger partial charge on any atom is -0.309 e. The van der Waals surface area contributed by atoms with Crippen molar-refractivity contribution in [3.63, 3.8) is 0 Å². The van der Waals surface area contributed by atoms with Gasteiger partial charge in [-0.15, -0.1) is 0 Å². The summed E-state index contributed by atoms with van der Waals surface area (Å²) < 4.78 is 0. The second kappa shape index (κ2) is 2.70. The van der Waals surface area contributed by atoms with E-state index in [4.69, 9.17) is 0 Å². The van der Waals surface area contributed by atoms with Crippen molar-refractivity contribution in [1.29, 1.82) is 0 Å². The number of hydrogen-bond acceptors (Lipinski definition) is 3. The van der Waals surface area contributed by atoms with Gasteiger partial charge in [-0.2, -0.15) is 11.8 Å². The van der Waals surface area contributed by atoms with Crippen molar-refractivity contribution in [3.8, 4) is 0 Å². The van der Waals surface area contributed by atoms with E-state index in [1.165, 1.54) is 5.56 Å². The molecule has 0 bridgehead atoms. The van der Waals surface area contributed by atoms with Crippen molar-refractivity contribution in [2.24, 2.45) is 0 Å². The van der Waals surface area contributed by atoms with Crippen LogP contribution in [0.4, 0.5) is 0 Å². The number of aryl methyl sites for hydroxylation is 1. The van der Waals surface area contributed by atoms with Crippen molar-refractivity contribution in [3.05, 3.63) is 27.9 Å². The van der Waals surface area contributed by atoms with Gasteiger partial charge in [0.05, 0.1) is 0 Å². The van der Waals surface area contributed by atoms with Crippen LogP contribution in [0, 0.1) is 0 Å². The molecular formula is C7H8N2OS. The molecule has 0 amide bonds. The van der Waals surface area contributed by atoms with E-state index >= 15 is 0 Å². The lowest BCUT2D eigenvalue weighted by Gasteiger charge is -2.12. The van der Waals surface area contributed by atoms with E-state index < -0.39 is 0 Å². The average Bonchev–Trinajstić information content (AvgIpc) is 2.04. The summed E-state index contributed by atoms with van der Waals surface area (Å²) in [5, 5.41) is 0. The zero-order valence-electron chi connectivity index (χ0n) is 5.96. The molecule has 11 heavy (non-hydrogen) atoms. The highest BCUT2D eigenvalue weighted by molar-refractivity contribution is 7.98. The molecule has 3 nitrogen and oxygen atoms in total. The first-order valence-electron chi connectivity index (χ1n) is 3.51. The Morgan fingerprint density at radius 3 is 3.45 bits per heavy atom. The van der Waals surface area contributed by atoms with Gasteiger partial charge in [-0.1, -0.05) is 0 Å². The predicted molar refractivity (Wildman–Crippen MR) is 44.7 cm³/mol. The van der Waals surface area contributed by atoms with Gasteiger partial charge in [0, 0.05) is 17.6 Å². The largest absolute Gasteiger partial charge is 0.345 e. The van der Waals surface area contributed by atoms with Crippen molar-refractivity contribution in [2.45, 2.75) is 12.2 Å². The van der Waals surface area contributed by atoms with Crippen LogP contribution in [0.5, 0.6) is 0 Å². The summed E-state index contributed by atoms with van der Waals surface area (Å²) in [5.74, 6) is 2.06. The van der Waals surface area contributed by atoms with Crippen molar-refractivity contribution in [2.75, 3.05) is 5.75 Å². The Morgan fingerprint density at radius 2 is 2.55 bits per heavy atom. The summed E-state index contributed by atoms with van der Waals surface area (Å²) in [6.07, 6.45) is 2.72. The van der Waals surface area contributed by atoms with Gasteiger partial charge in [-0.25, -0.2) is 9.78 Å². The Morgan fingerprint density at radius 1 is 1.64 bits per heavy atom. The van der Waals surface area contributed by atoms with E-state index in [1.54, 1.807) is 6.20 Å². The molecule has 4 heteroatoms. The normalized spacial score (nSPS) is 16.0. The summed E-state index contributed by atoms with van der Waals surface area (Å²) >= 11 is 1.85. The van der Waals surface area contributed by atoms with Gasteiger partial charge in [0.2, 0.25) is 0 Å². The second-order valence-corrected chi connectivity index (χ2v) is 3.60. The Hall–Kier alpha value is -0.770. The van der Waals surface area contributed by atoms with Gasteiger partial charge in [0.1, 0.15) is 0 Å². The fourth-order valence-electron chi connectivity index (χ4n) is 1.16. The lowest BCUT2D eigenvalue weighted by molar-refractivity contribution is 0.934. The van der Waals surface area contributed by atoms with Crippen LogP contribution >= 0.6 is 11.8 Å². The van der Waals surface area contributed by atoms with Crippen LogP contribution in [-0.2, 0) is 12.2 Å². The molecule has 0 unspecified atom stereocenters. The van der Waals surface area contributed by atoms with E-state index in [2.05, 4.69) is 9.97 Å². The molecule has 1 aromatic rings.